The zero-order valence-electron chi connectivity index (χ0n) is 8.24. The molecule has 15 heavy (non-hydrogen) atoms. The number of hydrogen-bond acceptors (Lipinski definition) is 3. The van der Waals surface area contributed by atoms with Crippen molar-refractivity contribution >= 4 is 15.9 Å². The van der Waals surface area contributed by atoms with E-state index in [2.05, 4.69) is 15.9 Å². The highest BCUT2D eigenvalue weighted by atomic mass is 79.9. The van der Waals surface area contributed by atoms with E-state index in [0.29, 0.717) is 5.76 Å². The topological polar surface area (TPSA) is 46.5 Å². The fourth-order valence-electron chi connectivity index (χ4n) is 1.52. The van der Waals surface area contributed by atoms with E-state index in [1.165, 1.54) is 6.26 Å². The Labute approximate surface area is 95.8 Å². The number of halogens is 1. The quantitative estimate of drug-likeness (QED) is 0.931. The molecule has 2 heterocycles. The molecule has 0 saturated carbocycles. The van der Waals surface area contributed by atoms with Crippen molar-refractivity contribution < 1.29 is 13.9 Å². The zero-order valence-corrected chi connectivity index (χ0v) is 9.82. The average Bonchev–Trinajstić information content (AvgIpc) is 2.84. The van der Waals surface area contributed by atoms with Gasteiger partial charge in [-0.1, -0.05) is 6.92 Å². The van der Waals surface area contributed by atoms with Gasteiger partial charge in [0.15, 0.2) is 5.76 Å². The number of aliphatic hydroxyl groups excluding tert-OH is 1. The smallest absolute Gasteiger partial charge is 0.151 e. The van der Waals surface area contributed by atoms with Gasteiger partial charge in [-0.05, 0) is 28.1 Å². The molecule has 0 aliphatic heterocycles. The molecular weight excluding hydrogens is 260 g/mol. The Hall–Kier alpha value is -1.00. The second kappa shape index (κ2) is 4.24. The van der Waals surface area contributed by atoms with Crippen molar-refractivity contribution in [3.05, 3.63) is 46.2 Å². The van der Waals surface area contributed by atoms with Crippen molar-refractivity contribution in [1.29, 1.82) is 0 Å². The van der Waals surface area contributed by atoms with Crippen LogP contribution in [0.3, 0.4) is 0 Å². The third-order valence-electron chi connectivity index (χ3n) is 2.29. The lowest BCUT2D eigenvalue weighted by Crippen LogP contribution is -2.00. The summed E-state index contributed by atoms with van der Waals surface area (Å²) >= 11 is 3.31. The predicted octanol–water partition coefficient (Wildman–Crippen LogP) is 3.28. The van der Waals surface area contributed by atoms with E-state index >= 15 is 0 Å². The van der Waals surface area contributed by atoms with Crippen LogP contribution in [0, 0.1) is 0 Å². The molecule has 0 saturated heterocycles. The Morgan fingerprint density at radius 1 is 1.33 bits per heavy atom. The molecular formula is C11H11BrO3. The summed E-state index contributed by atoms with van der Waals surface area (Å²) in [5.41, 5.74) is 0.758. The molecule has 0 aromatic carbocycles. The largest absolute Gasteiger partial charge is 0.469 e. The SMILES string of the molecule is CCc1occc1C(O)c1occc1Br. The maximum absolute atomic E-state index is 10.1. The van der Waals surface area contributed by atoms with E-state index in [4.69, 9.17) is 8.83 Å². The number of aliphatic hydroxyl groups is 1. The van der Waals surface area contributed by atoms with Crippen molar-refractivity contribution in [1.82, 2.24) is 0 Å². The maximum Gasteiger partial charge on any atom is 0.151 e. The minimum atomic E-state index is -0.775. The molecule has 0 bridgehead atoms. The lowest BCUT2D eigenvalue weighted by Gasteiger charge is -2.07. The molecule has 2 rings (SSSR count). The van der Waals surface area contributed by atoms with Crippen molar-refractivity contribution in [3.8, 4) is 0 Å². The van der Waals surface area contributed by atoms with E-state index in [-0.39, 0.29) is 0 Å². The van der Waals surface area contributed by atoms with Crippen LogP contribution in [-0.2, 0) is 6.42 Å². The van der Waals surface area contributed by atoms with Crippen LogP contribution in [0.25, 0.3) is 0 Å². The summed E-state index contributed by atoms with van der Waals surface area (Å²) in [5.74, 6) is 1.29. The molecule has 1 unspecified atom stereocenters. The molecule has 0 fully saturated rings. The van der Waals surface area contributed by atoms with Crippen LogP contribution in [0.15, 0.2) is 38.0 Å². The van der Waals surface area contributed by atoms with Crippen molar-refractivity contribution in [3.63, 3.8) is 0 Å². The summed E-state index contributed by atoms with van der Waals surface area (Å²) in [5, 5.41) is 10.1. The maximum atomic E-state index is 10.1. The van der Waals surface area contributed by atoms with Gasteiger partial charge in [0.05, 0.1) is 17.0 Å². The minimum absolute atomic E-state index is 0.506. The Morgan fingerprint density at radius 2 is 2.07 bits per heavy atom. The first-order valence-electron chi connectivity index (χ1n) is 4.71. The molecule has 0 aliphatic rings. The van der Waals surface area contributed by atoms with Gasteiger partial charge in [-0.15, -0.1) is 0 Å². The Kier molecular flexibility index (Phi) is 2.98. The molecule has 0 spiro atoms. The van der Waals surface area contributed by atoms with Gasteiger partial charge >= 0.3 is 0 Å². The van der Waals surface area contributed by atoms with Gasteiger partial charge < -0.3 is 13.9 Å². The monoisotopic (exact) mass is 270 g/mol. The van der Waals surface area contributed by atoms with Gasteiger partial charge in [0.2, 0.25) is 0 Å². The number of rotatable bonds is 3. The first-order chi connectivity index (χ1) is 7.24. The Bertz CT molecular complexity index is 444. The molecule has 2 aromatic rings. The summed E-state index contributed by atoms with van der Waals surface area (Å²) in [6, 6.07) is 3.52. The Balaban J connectivity index is 2.36. The number of furan rings is 2. The van der Waals surface area contributed by atoms with E-state index < -0.39 is 6.10 Å². The van der Waals surface area contributed by atoms with Crippen LogP contribution < -0.4 is 0 Å². The predicted molar refractivity (Wildman–Crippen MR) is 58.6 cm³/mol. The molecule has 0 amide bonds. The fraction of sp³-hybridized carbons (Fsp3) is 0.273. The van der Waals surface area contributed by atoms with Gasteiger partial charge in [0.25, 0.3) is 0 Å². The number of hydrogen-bond donors (Lipinski definition) is 1. The summed E-state index contributed by atoms with van der Waals surface area (Å²) in [7, 11) is 0. The van der Waals surface area contributed by atoms with Crippen molar-refractivity contribution in [2.75, 3.05) is 0 Å². The van der Waals surface area contributed by atoms with Crippen LogP contribution in [0.4, 0.5) is 0 Å². The van der Waals surface area contributed by atoms with Gasteiger partial charge in [-0.2, -0.15) is 0 Å². The van der Waals surface area contributed by atoms with Gasteiger partial charge in [0.1, 0.15) is 11.9 Å². The average molecular weight is 271 g/mol. The minimum Gasteiger partial charge on any atom is -0.469 e. The van der Waals surface area contributed by atoms with Crippen LogP contribution >= 0.6 is 15.9 Å². The standard InChI is InChI=1S/C11H11BrO3/c1-2-9-7(3-5-14-9)10(13)11-8(12)4-6-15-11/h3-6,10,13H,2H2,1H3. The van der Waals surface area contributed by atoms with Gasteiger partial charge in [-0.25, -0.2) is 0 Å². The van der Waals surface area contributed by atoms with E-state index in [1.54, 1.807) is 18.4 Å². The van der Waals surface area contributed by atoms with E-state index in [0.717, 1.165) is 22.2 Å². The molecule has 80 valence electrons. The third kappa shape index (κ3) is 1.87. The first kappa shape index (κ1) is 10.5. The molecule has 1 N–H and O–H groups in total. The van der Waals surface area contributed by atoms with Crippen LogP contribution in [-0.4, -0.2) is 5.11 Å². The van der Waals surface area contributed by atoms with Crippen LogP contribution in [0.1, 0.15) is 30.1 Å². The second-order valence-corrected chi connectivity index (χ2v) is 4.04. The normalized spacial score (nSPS) is 13.0. The molecule has 4 heteroatoms. The fourth-order valence-corrected chi connectivity index (χ4v) is 1.94. The molecule has 0 aliphatic carbocycles. The highest BCUT2D eigenvalue weighted by Gasteiger charge is 2.21. The number of aryl methyl sites for hydroxylation is 1. The van der Waals surface area contributed by atoms with Gasteiger partial charge in [0, 0.05) is 12.0 Å². The molecule has 3 nitrogen and oxygen atoms in total. The lowest BCUT2D eigenvalue weighted by atomic mass is 10.1. The first-order valence-corrected chi connectivity index (χ1v) is 5.50. The lowest BCUT2D eigenvalue weighted by molar-refractivity contribution is 0.186. The van der Waals surface area contributed by atoms with E-state index in [9.17, 15) is 5.11 Å². The summed E-state index contributed by atoms with van der Waals surface area (Å²) in [6.07, 6.45) is 3.09. The summed E-state index contributed by atoms with van der Waals surface area (Å²) in [6.45, 7) is 1.98. The third-order valence-corrected chi connectivity index (χ3v) is 2.94. The van der Waals surface area contributed by atoms with Gasteiger partial charge in [-0.3, -0.25) is 0 Å². The highest BCUT2D eigenvalue weighted by Crippen LogP contribution is 2.31. The van der Waals surface area contributed by atoms with Crippen LogP contribution in [0.5, 0.6) is 0 Å². The summed E-state index contributed by atoms with van der Waals surface area (Å²) in [4.78, 5) is 0. The van der Waals surface area contributed by atoms with Crippen molar-refractivity contribution in [2.45, 2.75) is 19.4 Å². The van der Waals surface area contributed by atoms with Crippen LogP contribution in [0.2, 0.25) is 0 Å². The Morgan fingerprint density at radius 3 is 2.67 bits per heavy atom. The van der Waals surface area contributed by atoms with Crippen molar-refractivity contribution in [2.24, 2.45) is 0 Å². The summed E-state index contributed by atoms with van der Waals surface area (Å²) < 4.78 is 11.2. The molecule has 2 aromatic heterocycles. The zero-order chi connectivity index (χ0) is 10.8. The highest BCUT2D eigenvalue weighted by molar-refractivity contribution is 9.10. The molecule has 0 radical (unpaired) electrons. The molecule has 1 atom stereocenters. The second-order valence-electron chi connectivity index (χ2n) is 3.19. The van der Waals surface area contributed by atoms with E-state index in [1.807, 2.05) is 6.92 Å².